The minimum Gasteiger partial charge on any atom is -0.491 e. The fourth-order valence-electron chi connectivity index (χ4n) is 0.930. The predicted octanol–water partition coefficient (Wildman–Crippen LogP) is 2.27. The van der Waals surface area contributed by atoms with Gasteiger partial charge in [-0.25, -0.2) is 0 Å². The summed E-state index contributed by atoms with van der Waals surface area (Å²) in [5, 5.41) is 0.612. The molecule has 72 valence electrons. The lowest BCUT2D eigenvalue weighted by atomic mass is 10.2. The Bertz CT molecular complexity index is 304. The van der Waals surface area contributed by atoms with Crippen LogP contribution in [0.4, 0.5) is 0 Å². The zero-order valence-electron chi connectivity index (χ0n) is 7.38. The molecular weight excluding hydrogens is 206 g/mol. The number of thiol groups is 1. The van der Waals surface area contributed by atoms with Crippen molar-refractivity contribution in [1.82, 2.24) is 0 Å². The Hall–Kier alpha value is -0.380. The molecule has 0 atom stereocenters. The van der Waals surface area contributed by atoms with Crippen LogP contribution in [0.2, 0.25) is 5.02 Å². The first-order valence-corrected chi connectivity index (χ1v) is 4.80. The van der Waals surface area contributed by atoms with E-state index in [0.717, 1.165) is 10.5 Å². The van der Waals surface area contributed by atoms with Crippen LogP contribution in [0, 0.1) is 6.92 Å². The molecule has 1 aromatic carbocycles. The molecule has 0 aliphatic carbocycles. The van der Waals surface area contributed by atoms with Crippen LogP contribution in [0.5, 0.6) is 5.75 Å². The minimum absolute atomic E-state index is 0.477. The SMILES string of the molecule is Cc1c(S)ccc(OCCN)c1Cl. The monoisotopic (exact) mass is 217 g/mol. The molecule has 0 saturated carbocycles. The molecule has 0 aliphatic heterocycles. The maximum atomic E-state index is 6.02. The van der Waals surface area contributed by atoms with E-state index in [2.05, 4.69) is 12.6 Å². The highest BCUT2D eigenvalue weighted by Crippen LogP contribution is 2.31. The van der Waals surface area contributed by atoms with E-state index in [1.165, 1.54) is 0 Å². The summed E-state index contributed by atoms with van der Waals surface area (Å²) in [6.45, 7) is 2.86. The van der Waals surface area contributed by atoms with Crippen LogP contribution >= 0.6 is 24.2 Å². The molecule has 0 aliphatic rings. The molecule has 0 unspecified atom stereocenters. The van der Waals surface area contributed by atoms with Crippen LogP contribution in [-0.2, 0) is 0 Å². The fraction of sp³-hybridized carbons (Fsp3) is 0.333. The molecule has 0 heterocycles. The molecular formula is C9H12ClNOS. The van der Waals surface area contributed by atoms with Crippen LogP contribution in [0.15, 0.2) is 17.0 Å². The molecule has 0 saturated heterocycles. The zero-order chi connectivity index (χ0) is 9.84. The van der Waals surface area contributed by atoms with E-state index < -0.39 is 0 Å². The Morgan fingerprint density at radius 3 is 2.85 bits per heavy atom. The van der Waals surface area contributed by atoms with Crippen molar-refractivity contribution in [1.29, 1.82) is 0 Å². The van der Waals surface area contributed by atoms with Gasteiger partial charge in [0.05, 0.1) is 5.02 Å². The molecule has 4 heteroatoms. The maximum absolute atomic E-state index is 6.02. The summed E-state index contributed by atoms with van der Waals surface area (Å²) in [7, 11) is 0. The molecule has 2 N–H and O–H groups in total. The number of rotatable bonds is 3. The van der Waals surface area contributed by atoms with Crippen molar-refractivity contribution in [2.45, 2.75) is 11.8 Å². The summed E-state index contributed by atoms with van der Waals surface area (Å²) in [5.74, 6) is 0.669. The molecule has 0 bridgehead atoms. The smallest absolute Gasteiger partial charge is 0.138 e. The number of hydrogen-bond acceptors (Lipinski definition) is 3. The third kappa shape index (κ3) is 2.53. The predicted molar refractivity (Wildman–Crippen MR) is 58.0 cm³/mol. The van der Waals surface area contributed by atoms with Crippen molar-refractivity contribution in [2.24, 2.45) is 5.73 Å². The molecule has 0 fully saturated rings. The van der Waals surface area contributed by atoms with E-state index in [1.54, 1.807) is 6.07 Å². The van der Waals surface area contributed by atoms with E-state index in [4.69, 9.17) is 22.1 Å². The first kappa shape index (κ1) is 10.7. The zero-order valence-corrected chi connectivity index (χ0v) is 9.03. The van der Waals surface area contributed by atoms with Gasteiger partial charge in [0.25, 0.3) is 0 Å². The highest BCUT2D eigenvalue weighted by Gasteiger charge is 2.06. The van der Waals surface area contributed by atoms with Gasteiger partial charge in [-0.3, -0.25) is 0 Å². The summed E-state index contributed by atoms with van der Waals surface area (Å²) >= 11 is 10.3. The molecule has 0 radical (unpaired) electrons. The first-order chi connectivity index (χ1) is 6.16. The standard InChI is InChI=1S/C9H12ClNOS/c1-6-8(13)3-2-7(9(6)10)12-5-4-11/h2-3,13H,4-5,11H2,1H3. The number of nitrogens with two attached hydrogens (primary N) is 1. The highest BCUT2D eigenvalue weighted by molar-refractivity contribution is 7.80. The average molecular weight is 218 g/mol. The summed E-state index contributed by atoms with van der Waals surface area (Å²) in [5.41, 5.74) is 6.24. The van der Waals surface area contributed by atoms with E-state index in [-0.39, 0.29) is 0 Å². The van der Waals surface area contributed by atoms with E-state index in [9.17, 15) is 0 Å². The normalized spacial score (nSPS) is 10.2. The molecule has 0 aromatic heterocycles. The lowest BCUT2D eigenvalue weighted by Crippen LogP contribution is -2.10. The molecule has 2 nitrogen and oxygen atoms in total. The van der Waals surface area contributed by atoms with Crippen LogP contribution < -0.4 is 10.5 Å². The molecule has 1 rings (SSSR count). The summed E-state index contributed by atoms with van der Waals surface area (Å²) in [4.78, 5) is 0.866. The molecule has 1 aromatic rings. The molecule has 0 amide bonds. The topological polar surface area (TPSA) is 35.2 Å². The van der Waals surface area contributed by atoms with Gasteiger partial charge in [0.15, 0.2) is 0 Å². The molecule has 13 heavy (non-hydrogen) atoms. The fourth-order valence-corrected chi connectivity index (χ4v) is 1.40. The Morgan fingerprint density at radius 1 is 1.54 bits per heavy atom. The second-order valence-electron chi connectivity index (χ2n) is 2.66. The van der Waals surface area contributed by atoms with E-state index in [0.29, 0.717) is 23.9 Å². The Morgan fingerprint density at radius 2 is 2.23 bits per heavy atom. The molecule has 0 spiro atoms. The van der Waals surface area contributed by atoms with Gasteiger partial charge in [-0.05, 0) is 24.6 Å². The highest BCUT2D eigenvalue weighted by atomic mass is 35.5. The van der Waals surface area contributed by atoms with E-state index in [1.807, 2.05) is 13.0 Å². The number of benzene rings is 1. The van der Waals surface area contributed by atoms with Gasteiger partial charge >= 0.3 is 0 Å². The summed E-state index contributed by atoms with van der Waals surface area (Å²) in [6, 6.07) is 3.66. The Kier molecular flexibility index (Phi) is 3.90. The van der Waals surface area contributed by atoms with Gasteiger partial charge < -0.3 is 10.5 Å². The van der Waals surface area contributed by atoms with Crippen molar-refractivity contribution < 1.29 is 4.74 Å². The summed E-state index contributed by atoms with van der Waals surface area (Å²) < 4.78 is 5.33. The third-order valence-electron chi connectivity index (χ3n) is 1.70. The second-order valence-corrected chi connectivity index (χ2v) is 3.52. The first-order valence-electron chi connectivity index (χ1n) is 3.97. The van der Waals surface area contributed by atoms with Gasteiger partial charge in [-0.15, -0.1) is 12.6 Å². The largest absolute Gasteiger partial charge is 0.491 e. The minimum atomic E-state index is 0.477. The van der Waals surface area contributed by atoms with Crippen molar-refractivity contribution in [3.05, 3.63) is 22.7 Å². The van der Waals surface area contributed by atoms with Crippen LogP contribution in [0.1, 0.15) is 5.56 Å². The van der Waals surface area contributed by atoms with Crippen molar-refractivity contribution in [3.63, 3.8) is 0 Å². The van der Waals surface area contributed by atoms with Gasteiger partial charge in [-0.2, -0.15) is 0 Å². The second kappa shape index (κ2) is 4.74. The Labute approximate surface area is 88.4 Å². The van der Waals surface area contributed by atoms with Gasteiger partial charge in [0.2, 0.25) is 0 Å². The van der Waals surface area contributed by atoms with Crippen molar-refractivity contribution in [2.75, 3.05) is 13.2 Å². The lowest BCUT2D eigenvalue weighted by Gasteiger charge is -2.09. The van der Waals surface area contributed by atoms with Gasteiger partial charge in [0.1, 0.15) is 12.4 Å². The summed E-state index contributed by atoms with van der Waals surface area (Å²) in [6.07, 6.45) is 0. The van der Waals surface area contributed by atoms with Crippen LogP contribution in [0.3, 0.4) is 0 Å². The average Bonchev–Trinajstić information content (AvgIpc) is 2.13. The van der Waals surface area contributed by atoms with Gasteiger partial charge in [0, 0.05) is 11.4 Å². The van der Waals surface area contributed by atoms with Crippen LogP contribution in [-0.4, -0.2) is 13.2 Å². The van der Waals surface area contributed by atoms with E-state index >= 15 is 0 Å². The third-order valence-corrected chi connectivity index (χ3v) is 2.65. The quantitative estimate of drug-likeness (QED) is 0.762. The Balaban J connectivity index is 2.90. The van der Waals surface area contributed by atoms with Crippen LogP contribution in [0.25, 0.3) is 0 Å². The number of halogens is 1. The lowest BCUT2D eigenvalue weighted by molar-refractivity contribution is 0.328. The van der Waals surface area contributed by atoms with Crippen molar-refractivity contribution in [3.8, 4) is 5.75 Å². The number of hydrogen-bond donors (Lipinski definition) is 2. The van der Waals surface area contributed by atoms with Crippen molar-refractivity contribution >= 4 is 24.2 Å². The number of ether oxygens (including phenoxy) is 1. The maximum Gasteiger partial charge on any atom is 0.138 e. The van der Waals surface area contributed by atoms with Gasteiger partial charge in [-0.1, -0.05) is 11.6 Å².